The lowest BCUT2D eigenvalue weighted by atomic mass is 9.87. The maximum Gasteiger partial charge on any atom is 0.306 e. The zero-order valence-corrected chi connectivity index (χ0v) is 8.82. The summed E-state index contributed by atoms with van der Waals surface area (Å²) < 4.78 is 0. The summed E-state index contributed by atoms with van der Waals surface area (Å²) in [6.07, 6.45) is 0.157. The van der Waals surface area contributed by atoms with E-state index in [0.717, 1.165) is 0 Å². The van der Waals surface area contributed by atoms with Crippen molar-refractivity contribution in [3.8, 4) is 0 Å². The SMILES string of the molecule is CC(C)CC(O)C(C)C(C)C(=O)O. The zero-order valence-electron chi connectivity index (χ0n) is 8.82. The Morgan fingerprint density at radius 1 is 1.23 bits per heavy atom. The van der Waals surface area contributed by atoms with Crippen LogP contribution in [0.1, 0.15) is 34.1 Å². The molecule has 0 heterocycles. The molecule has 3 atom stereocenters. The number of carbonyl (C=O) groups is 1. The van der Waals surface area contributed by atoms with Crippen molar-refractivity contribution in [2.24, 2.45) is 17.8 Å². The summed E-state index contributed by atoms with van der Waals surface area (Å²) in [6, 6.07) is 0. The highest BCUT2D eigenvalue weighted by atomic mass is 16.4. The molecule has 3 heteroatoms. The second-order valence-electron chi connectivity index (χ2n) is 4.18. The van der Waals surface area contributed by atoms with Crippen molar-refractivity contribution in [2.45, 2.75) is 40.2 Å². The molecule has 2 N–H and O–H groups in total. The molecule has 0 aromatic carbocycles. The summed E-state index contributed by atoms with van der Waals surface area (Å²) in [7, 11) is 0. The minimum absolute atomic E-state index is 0.181. The van der Waals surface area contributed by atoms with Crippen LogP contribution in [0.15, 0.2) is 0 Å². The monoisotopic (exact) mass is 188 g/mol. The van der Waals surface area contributed by atoms with Gasteiger partial charge in [-0.2, -0.15) is 0 Å². The van der Waals surface area contributed by atoms with E-state index in [9.17, 15) is 9.90 Å². The Bertz CT molecular complexity index is 166. The Balaban J connectivity index is 4.08. The van der Waals surface area contributed by atoms with E-state index in [2.05, 4.69) is 0 Å². The van der Waals surface area contributed by atoms with Crippen LogP contribution in [-0.4, -0.2) is 22.3 Å². The molecular formula is C10H20O3. The van der Waals surface area contributed by atoms with E-state index < -0.39 is 18.0 Å². The lowest BCUT2D eigenvalue weighted by Crippen LogP contribution is -2.29. The number of hydrogen-bond acceptors (Lipinski definition) is 2. The first-order valence-electron chi connectivity index (χ1n) is 4.77. The summed E-state index contributed by atoms with van der Waals surface area (Å²) in [4.78, 5) is 10.6. The number of carboxylic acids is 1. The fraction of sp³-hybridized carbons (Fsp3) is 0.900. The highest BCUT2D eigenvalue weighted by Crippen LogP contribution is 2.20. The molecule has 0 aromatic heterocycles. The second-order valence-corrected chi connectivity index (χ2v) is 4.18. The lowest BCUT2D eigenvalue weighted by Gasteiger charge is -2.23. The van der Waals surface area contributed by atoms with Crippen LogP contribution in [0.3, 0.4) is 0 Å². The summed E-state index contributed by atoms with van der Waals surface area (Å²) >= 11 is 0. The van der Waals surface area contributed by atoms with Gasteiger partial charge in [0.2, 0.25) is 0 Å². The molecule has 0 bridgehead atoms. The Hall–Kier alpha value is -0.570. The molecule has 0 saturated heterocycles. The molecule has 0 saturated carbocycles. The maximum absolute atomic E-state index is 10.6. The van der Waals surface area contributed by atoms with Crippen LogP contribution in [0.4, 0.5) is 0 Å². The highest BCUT2D eigenvalue weighted by Gasteiger charge is 2.26. The first-order valence-corrected chi connectivity index (χ1v) is 4.77. The first kappa shape index (κ1) is 12.4. The van der Waals surface area contributed by atoms with Crippen LogP contribution in [0, 0.1) is 17.8 Å². The standard InChI is InChI=1S/C10H20O3/c1-6(2)5-9(11)7(3)8(4)10(12)13/h6-9,11H,5H2,1-4H3,(H,12,13). The lowest BCUT2D eigenvalue weighted by molar-refractivity contribution is -0.144. The molecule has 0 fully saturated rings. The predicted molar refractivity (Wildman–Crippen MR) is 51.4 cm³/mol. The number of hydrogen-bond donors (Lipinski definition) is 2. The molecule has 0 aliphatic rings. The molecule has 0 spiro atoms. The van der Waals surface area contributed by atoms with E-state index in [0.29, 0.717) is 12.3 Å². The zero-order chi connectivity index (χ0) is 10.6. The third-order valence-electron chi connectivity index (χ3n) is 2.50. The van der Waals surface area contributed by atoms with Crippen molar-refractivity contribution in [3.63, 3.8) is 0 Å². The fourth-order valence-corrected chi connectivity index (χ4v) is 1.26. The van der Waals surface area contributed by atoms with Crippen LogP contribution >= 0.6 is 0 Å². The fourth-order valence-electron chi connectivity index (χ4n) is 1.26. The molecule has 0 aromatic rings. The van der Waals surface area contributed by atoms with Gasteiger partial charge in [0, 0.05) is 0 Å². The number of rotatable bonds is 5. The van der Waals surface area contributed by atoms with Gasteiger partial charge in [0.15, 0.2) is 0 Å². The molecule has 0 rings (SSSR count). The van der Waals surface area contributed by atoms with Crippen LogP contribution < -0.4 is 0 Å². The summed E-state index contributed by atoms with van der Waals surface area (Å²) in [5.74, 6) is -1.09. The molecule has 0 amide bonds. The smallest absolute Gasteiger partial charge is 0.306 e. The van der Waals surface area contributed by atoms with Crippen LogP contribution in [0.2, 0.25) is 0 Å². The van der Waals surface area contributed by atoms with Gasteiger partial charge in [0.25, 0.3) is 0 Å². The minimum Gasteiger partial charge on any atom is -0.481 e. The summed E-state index contributed by atoms with van der Waals surface area (Å²) in [5.41, 5.74) is 0. The molecule has 3 unspecified atom stereocenters. The van der Waals surface area contributed by atoms with Crippen molar-refractivity contribution >= 4 is 5.97 Å². The molecule has 0 radical (unpaired) electrons. The van der Waals surface area contributed by atoms with Gasteiger partial charge in [-0.05, 0) is 18.3 Å². The van der Waals surface area contributed by atoms with Crippen molar-refractivity contribution in [1.82, 2.24) is 0 Å². The van der Waals surface area contributed by atoms with Crippen molar-refractivity contribution in [3.05, 3.63) is 0 Å². The molecule has 0 aliphatic carbocycles. The Kier molecular flexibility index (Phi) is 4.99. The predicted octanol–water partition coefficient (Wildman–Crippen LogP) is 1.75. The molecular weight excluding hydrogens is 168 g/mol. The van der Waals surface area contributed by atoms with Crippen molar-refractivity contribution < 1.29 is 15.0 Å². The quantitative estimate of drug-likeness (QED) is 0.691. The van der Waals surface area contributed by atoms with Crippen molar-refractivity contribution in [1.29, 1.82) is 0 Å². The van der Waals surface area contributed by atoms with Gasteiger partial charge in [-0.15, -0.1) is 0 Å². The third kappa shape index (κ3) is 4.27. The largest absolute Gasteiger partial charge is 0.481 e. The van der Waals surface area contributed by atoms with Crippen LogP contribution in [0.5, 0.6) is 0 Å². The number of aliphatic carboxylic acids is 1. The van der Waals surface area contributed by atoms with Gasteiger partial charge in [-0.25, -0.2) is 0 Å². The van der Waals surface area contributed by atoms with Crippen LogP contribution in [-0.2, 0) is 4.79 Å². The average Bonchev–Trinajstić information content (AvgIpc) is 2.00. The van der Waals surface area contributed by atoms with Gasteiger partial charge >= 0.3 is 5.97 Å². The Morgan fingerprint density at radius 3 is 2.00 bits per heavy atom. The molecule has 3 nitrogen and oxygen atoms in total. The van der Waals surface area contributed by atoms with E-state index >= 15 is 0 Å². The van der Waals surface area contributed by atoms with Gasteiger partial charge in [-0.3, -0.25) is 4.79 Å². The van der Waals surface area contributed by atoms with Gasteiger partial charge < -0.3 is 10.2 Å². The summed E-state index contributed by atoms with van der Waals surface area (Å²) in [5, 5.41) is 18.4. The van der Waals surface area contributed by atoms with E-state index in [4.69, 9.17) is 5.11 Å². The highest BCUT2D eigenvalue weighted by molar-refractivity contribution is 5.69. The van der Waals surface area contributed by atoms with Crippen LogP contribution in [0.25, 0.3) is 0 Å². The Morgan fingerprint density at radius 2 is 1.69 bits per heavy atom. The van der Waals surface area contributed by atoms with Crippen molar-refractivity contribution in [2.75, 3.05) is 0 Å². The van der Waals surface area contributed by atoms with E-state index in [-0.39, 0.29) is 5.92 Å². The first-order chi connectivity index (χ1) is 5.86. The van der Waals surface area contributed by atoms with E-state index in [1.165, 1.54) is 0 Å². The average molecular weight is 188 g/mol. The van der Waals surface area contributed by atoms with Gasteiger partial charge in [-0.1, -0.05) is 27.7 Å². The molecule has 0 aliphatic heterocycles. The number of aliphatic hydroxyl groups excluding tert-OH is 1. The third-order valence-corrected chi connectivity index (χ3v) is 2.50. The second kappa shape index (κ2) is 5.22. The molecule has 13 heavy (non-hydrogen) atoms. The van der Waals surface area contributed by atoms with Gasteiger partial charge in [0.05, 0.1) is 12.0 Å². The van der Waals surface area contributed by atoms with E-state index in [1.54, 1.807) is 13.8 Å². The topological polar surface area (TPSA) is 57.5 Å². The Labute approximate surface area is 79.8 Å². The number of carboxylic acid groups (broad SMARTS) is 1. The minimum atomic E-state index is -0.838. The molecule has 78 valence electrons. The van der Waals surface area contributed by atoms with E-state index in [1.807, 2.05) is 13.8 Å². The van der Waals surface area contributed by atoms with Gasteiger partial charge in [0.1, 0.15) is 0 Å². The normalized spacial score (nSPS) is 18.3. The maximum atomic E-state index is 10.6. The summed E-state index contributed by atoms with van der Waals surface area (Å²) in [6.45, 7) is 7.45. The number of aliphatic hydroxyl groups is 1.